The van der Waals surface area contributed by atoms with E-state index in [1.165, 1.54) is 12.8 Å². The number of nitrogens with zero attached hydrogens (tertiary/aromatic N) is 3. The molecular weight excluding hydrogens is 260 g/mol. The Hall–Kier alpha value is -2.10. The van der Waals surface area contributed by atoms with Crippen LogP contribution in [0.2, 0.25) is 0 Å². The lowest BCUT2D eigenvalue weighted by molar-refractivity contribution is 0.568. The maximum absolute atomic E-state index is 4.78. The van der Waals surface area contributed by atoms with E-state index in [2.05, 4.69) is 34.3 Å². The van der Waals surface area contributed by atoms with Crippen LogP contribution in [-0.2, 0) is 0 Å². The molecule has 3 rings (SSSR count). The normalized spacial score (nSPS) is 18.0. The van der Waals surface area contributed by atoms with E-state index >= 15 is 0 Å². The Balaban J connectivity index is 1.94. The smallest absolute Gasteiger partial charge is 0.163 e. The second-order valence-corrected chi connectivity index (χ2v) is 5.56. The highest BCUT2D eigenvalue weighted by Crippen LogP contribution is 2.27. The summed E-state index contributed by atoms with van der Waals surface area (Å²) in [6.07, 6.45) is 2.50. The summed E-state index contributed by atoms with van der Waals surface area (Å²) in [7, 11) is 1.90. The fourth-order valence-corrected chi connectivity index (χ4v) is 2.81. The first kappa shape index (κ1) is 13.9. The lowest BCUT2D eigenvalue weighted by atomic mass is 10.1. The summed E-state index contributed by atoms with van der Waals surface area (Å²) < 4.78 is 0. The van der Waals surface area contributed by atoms with Gasteiger partial charge in [-0.25, -0.2) is 9.97 Å². The zero-order valence-corrected chi connectivity index (χ0v) is 12.7. The minimum absolute atomic E-state index is 0.789. The van der Waals surface area contributed by atoms with Crippen LogP contribution >= 0.6 is 0 Å². The molecule has 1 aromatic carbocycles. The van der Waals surface area contributed by atoms with E-state index in [0.29, 0.717) is 0 Å². The molecule has 0 radical (unpaired) electrons. The quantitative estimate of drug-likeness (QED) is 0.933. The Kier molecular flexibility index (Phi) is 4.04. The Morgan fingerprint density at radius 2 is 2.05 bits per heavy atom. The third kappa shape index (κ3) is 2.99. The van der Waals surface area contributed by atoms with Gasteiger partial charge < -0.3 is 10.2 Å². The minimum Gasteiger partial charge on any atom is -0.373 e. The van der Waals surface area contributed by atoms with Gasteiger partial charge in [0.1, 0.15) is 11.6 Å². The van der Waals surface area contributed by atoms with Crippen LogP contribution in [0.25, 0.3) is 11.4 Å². The van der Waals surface area contributed by atoms with E-state index in [-0.39, 0.29) is 0 Å². The van der Waals surface area contributed by atoms with E-state index in [9.17, 15) is 0 Å². The number of nitrogens with one attached hydrogen (secondary N) is 1. The van der Waals surface area contributed by atoms with Crippen LogP contribution in [0.5, 0.6) is 0 Å². The molecule has 1 aliphatic rings. The Morgan fingerprint density at radius 1 is 1.24 bits per heavy atom. The molecule has 21 heavy (non-hydrogen) atoms. The Bertz CT molecular complexity index is 597. The molecule has 0 amide bonds. The molecule has 1 fully saturated rings. The topological polar surface area (TPSA) is 41.0 Å². The Morgan fingerprint density at radius 3 is 2.71 bits per heavy atom. The van der Waals surface area contributed by atoms with Crippen molar-refractivity contribution in [1.82, 2.24) is 9.97 Å². The fourth-order valence-electron chi connectivity index (χ4n) is 2.81. The van der Waals surface area contributed by atoms with Gasteiger partial charge in [-0.3, -0.25) is 0 Å². The summed E-state index contributed by atoms with van der Waals surface area (Å²) in [6, 6.07) is 12.2. The van der Waals surface area contributed by atoms with Gasteiger partial charge in [0.15, 0.2) is 5.82 Å². The summed E-state index contributed by atoms with van der Waals surface area (Å²) in [5.74, 6) is 3.48. The first-order valence-corrected chi connectivity index (χ1v) is 7.67. The molecule has 0 spiro atoms. The van der Waals surface area contributed by atoms with Gasteiger partial charge in [0.25, 0.3) is 0 Å². The third-order valence-electron chi connectivity index (χ3n) is 4.19. The van der Waals surface area contributed by atoms with Crippen molar-refractivity contribution in [2.45, 2.75) is 19.8 Å². The fraction of sp³-hybridized carbons (Fsp3) is 0.412. The van der Waals surface area contributed by atoms with Gasteiger partial charge in [-0.1, -0.05) is 43.7 Å². The van der Waals surface area contributed by atoms with E-state index in [1.807, 2.05) is 31.3 Å². The van der Waals surface area contributed by atoms with Crippen LogP contribution in [0.15, 0.2) is 36.4 Å². The summed E-state index contributed by atoms with van der Waals surface area (Å²) in [5.41, 5.74) is 1.06. The number of anilines is 2. The zero-order valence-electron chi connectivity index (χ0n) is 12.7. The van der Waals surface area contributed by atoms with Crippen molar-refractivity contribution in [1.29, 1.82) is 0 Å². The molecule has 0 bridgehead atoms. The number of hydrogen-bond acceptors (Lipinski definition) is 4. The Labute approximate surface area is 126 Å². The maximum Gasteiger partial charge on any atom is 0.163 e. The van der Waals surface area contributed by atoms with E-state index in [0.717, 1.165) is 42.0 Å². The van der Waals surface area contributed by atoms with E-state index < -0.39 is 0 Å². The molecule has 1 aliphatic heterocycles. The highest BCUT2D eigenvalue weighted by atomic mass is 15.2. The largest absolute Gasteiger partial charge is 0.373 e. The SMILES string of the molecule is CCC1CCN(c2cc(NC)nc(-c3ccccc3)n2)C1. The van der Waals surface area contributed by atoms with Crippen LogP contribution in [0.1, 0.15) is 19.8 Å². The van der Waals surface area contributed by atoms with Crippen molar-refractivity contribution in [2.24, 2.45) is 5.92 Å². The van der Waals surface area contributed by atoms with Crippen molar-refractivity contribution < 1.29 is 0 Å². The predicted molar refractivity (Wildman–Crippen MR) is 87.6 cm³/mol. The van der Waals surface area contributed by atoms with Crippen LogP contribution < -0.4 is 10.2 Å². The lowest BCUT2D eigenvalue weighted by Gasteiger charge is -2.19. The monoisotopic (exact) mass is 282 g/mol. The number of hydrogen-bond donors (Lipinski definition) is 1. The van der Waals surface area contributed by atoms with E-state index in [4.69, 9.17) is 4.98 Å². The summed E-state index contributed by atoms with van der Waals surface area (Å²) in [6.45, 7) is 4.46. The second-order valence-electron chi connectivity index (χ2n) is 5.56. The van der Waals surface area contributed by atoms with Gasteiger partial charge in [0.2, 0.25) is 0 Å². The standard InChI is InChI=1S/C17H22N4/c1-3-13-9-10-21(12-13)16-11-15(18-2)19-17(20-16)14-7-5-4-6-8-14/h4-8,11,13H,3,9-10,12H2,1-2H3,(H,18,19,20). The number of rotatable bonds is 4. The van der Waals surface area contributed by atoms with Gasteiger partial charge in [-0.15, -0.1) is 0 Å². The van der Waals surface area contributed by atoms with E-state index in [1.54, 1.807) is 0 Å². The van der Waals surface area contributed by atoms with Crippen molar-refractivity contribution in [3.8, 4) is 11.4 Å². The molecule has 2 heterocycles. The molecule has 1 unspecified atom stereocenters. The molecule has 1 N–H and O–H groups in total. The van der Waals surface area contributed by atoms with Crippen LogP contribution in [0.4, 0.5) is 11.6 Å². The van der Waals surface area contributed by atoms with Crippen LogP contribution in [0, 0.1) is 5.92 Å². The molecular formula is C17H22N4. The van der Waals surface area contributed by atoms with Gasteiger partial charge in [0, 0.05) is 31.8 Å². The average molecular weight is 282 g/mol. The lowest BCUT2D eigenvalue weighted by Crippen LogP contribution is -2.21. The first-order chi connectivity index (χ1) is 10.3. The molecule has 1 atom stereocenters. The molecule has 0 saturated carbocycles. The van der Waals surface area contributed by atoms with Crippen LogP contribution in [0.3, 0.4) is 0 Å². The molecule has 1 aromatic heterocycles. The minimum atomic E-state index is 0.789. The van der Waals surface area contributed by atoms with Gasteiger partial charge in [-0.05, 0) is 12.3 Å². The average Bonchev–Trinajstić information content (AvgIpc) is 3.04. The predicted octanol–water partition coefficient (Wildman–Crippen LogP) is 3.42. The number of aromatic nitrogens is 2. The zero-order chi connectivity index (χ0) is 14.7. The summed E-state index contributed by atoms with van der Waals surface area (Å²) in [5, 5.41) is 3.15. The molecule has 110 valence electrons. The second kappa shape index (κ2) is 6.12. The molecule has 4 heteroatoms. The van der Waals surface area contributed by atoms with Gasteiger partial charge in [0.05, 0.1) is 0 Å². The van der Waals surface area contributed by atoms with Crippen molar-refractivity contribution >= 4 is 11.6 Å². The molecule has 4 nitrogen and oxygen atoms in total. The van der Waals surface area contributed by atoms with Crippen LogP contribution in [-0.4, -0.2) is 30.1 Å². The number of benzene rings is 1. The highest BCUT2D eigenvalue weighted by Gasteiger charge is 2.23. The maximum atomic E-state index is 4.78. The molecule has 0 aliphatic carbocycles. The third-order valence-corrected chi connectivity index (χ3v) is 4.19. The molecule has 1 saturated heterocycles. The van der Waals surface area contributed by atoms with Gasteiger partial charge in [-0.2, -0.15) is 0 Å². The summed E-state index contributed by atoms with van der Waals surface area (Å²) >= 11 is 0. The van der Waals surface area contributed by atoms with Crippen molar-refractivity contribution in [3.05, 3.63) is 36.4 Å². The summed E-state index contributed by atoms with van der Waals surface area (Å²) in [4.78, 5) is 11.7. The highest BCUT2D eigenvalue weighted by molar-refractivity contribution is 5.61. The van der Waals surface area contributed by atoms with Crippen molar-refractivity contribution in [2.75, 3.05) is 30.4 Å². The first-order valence-electron chi connectivity index (χ1n) is 7.67. The van der Waals surface area contributed by atoms with Crippen molar-refractivity contribution in [3.63, 3.8) is 0 Å². The van der Waals surface area contributed by atoms with Gasteiger partial charge >= 0.3 is 0 Å². The molecule has 2 aromatic rings.